The molecule has 3 heterocycles. The van der Waals surface area contributed by atoms with Crippen LogP contribution >= 0.6 is 0 Å². The third-order valence-corrected chi connectivity index (χ3v) is 3.66. The number of carbonyl (C=O) groups is 2. The van der Waals surface area contributed by atoms with Gasteiger partial charge in [-0.2, -0.15) is 5.10 Å². The molecular formula is C17H18N6O2. The summed E-state index contributed by atoms with van der Waals surface area (Å²) >= 11 is 0. The summed E-state index contributed by atoms with van der Waals surface area (Å²) in [4.78, 5) is 27.6. The van der Waals surface area contributed by atoms with Gasteiger partial charge in [-0.3, -0.25) is 10.1 Å². The number of carbonyl (C=O) groups excluding carboxylic acids is 2. The molecule has 0 radical (unpaired) electrons. The Balaban J connectivity index is 1.91. The summed E-state index contributed by atoms with van der Waals surface area (Å²) in [5, 5.41) is 12.2. The number of hydrogen-bond acceptors (Lipinski definition) is 4. The van der Waals surface area contributed by atoms with Gasteiger partial charge in [0.15, 0.2) is 0 Å². The van der Waals surface area contributed by atoms with Crippen LogP contribution < -0.4 is 16.0 Å². The van der Waals surface area contributed by atoms with Gasteiger partial charge in [-0.25, -0.2) is 14.3 Å². The highest BCUT2D eigenvalue weighted by Crippen LogP contribution is 2.25. The summed E-state index contributed by atoms with van der Waals surface area (Å²) in [7, 11) is 1.59. The topological polar surface area (TPSA) is 100 Å². The summed E-state index contributed by atoms with van der Waals surface area (Å²) in [5.74, 6) is 0.298. The van der Waals surface area contributed by atoms with Gasteiger partial charge in [0.25, 0.3) is 5.91 Å². The van der Waals surface area contributed by atoms with E-state index >= 15 is 0 Å². The normalized spacial score (nSPS) is 10.5. The van der Waals surface area contributed by atoms with E-state index in [-0.39, 0.29) is 11.9 Å². The van der Waals surface area contributed by atoms with E-state index in [1.54, 1.807) is 48.4 Å². The highest BCUT2D eigenvalue weighted by molar-refractivity contribution is 5.96. The van der Waals surface area contributed by atoms with Gasteiger partial charge in [0.2, 0.25) is 0 Å². The lowest BCUT2D eigenvalue weighted by atomic mass is 10.1. The van der Waals surface area contributed by atoms with Crippen LogP contribution in [0.4, 0.5) is 10.6 Å². The standard InChI is InChI=1S/C17H18N6O2/c1-3-19-17(25)22-15-5-4-12(9-20-15)13-10-21-23-7-6-11(8-14(13)23)16(24)18-2/h4-10H,3H2,1-2H3,(H,18,24)(H2,19,20,22,25). The largest absolute Gasteiger partial charge is 0.355 e. The van der Waals surface area contributed by atoms with Gasteiger partial charge in [-0.15, -0.1) is 0 Å². The van der Waals surface area contributed by atoms with Gasteiger partial charge in [0.1, 0.15) is 5.82 Å². The number of aromatic nitrogens is 3. The number of hydrogen-bond donors (Lipinski definition) is 3. The Morgan fingerprint density at radius 2 is 2.04 bits per heavy atom. The van der Waals surface area contributed by atoms with Crippen LogP contribution in [-0.2, 0) is 0 Å². The SMILES string of the molecule is CCNC(=O)Nc1ccc(-c2cnn3ccc(C(=O)NC)cc23)cn1. The molecule has 8 heteroatoms. The predicted octanol–water partition coefficient (Wildman–Crippen LogP) is 1.90. The second-order valence-electron chi connectivity index (χ2n) is 5.30. The monoisotopic (exact) mass is 338 g/mol. The lowest BCUT2D eigenvalue weighted by molar-refractivity contribution is 0.0963. The van der Waals surface area contributed by atoms with Crippen LogP contribution in [0.1, 0.15) is 17.3 Å². The van der Waals surface area contributed by atoms with Crippen molar-refractivity contribution in [3.8, 4) is 11.1 Å². The van der Waals surface area contributed by atoms with Crippen LogP contribution in [0.2, 0.25) is 0 Å². The quantitative estimate of drug-likeness (QED) is 0.676. The van der Waals surface area contributed by atoms with Crippen molar-refractivity contribution in [1.82, 2.24) is 25.2 Å². The second-order valence-corrected chi connectivity index (χ2v) is 5.30. The van der Waals surface area contributed by atoms with Crippen molar-refractivity contribution in [3.05, 3.63) is 48.4 Å². The summed E-state index contributed by atoms with van der Waals surface area (Å²) in [6, 6.07) is 6.76. The van der Waals surface area contributed by atoms with Crippen molar-refractivity contribution in [3.63, 3.8) is 0 Å². The van der Waals surface area contributed by atoms with E-state index < -0.39 is 0 Å². The van der Waals surface area contributed by atoms with Gasteiger partial charge >= 0.3 is 6.03 Å². The van der Waals surface area contributed by atoms with Gasteiger partial charge in [-0.05, 0) is 31.2 Å². The minimum absolute atomic E-state index is 0.158. The van der Waals surface area contributed by atoms with E-state index in [4.69, 9.17) is 0 Å². The molecule has 25 heavy (non-hydrogen) atoms. The molecule has 0 saturated heterocycles. The Bertz CT molecular complexity index is 917. The number of nitrogens with zero attached hydrogens (tertiary/aromatic N) is 3. The Labute approximate surface area is 144 Å². The van der Waals surface area contributed by atoms with Crippen molar-refractivity contribution in [2.45, 2.75) is 6.92 Å². The Morgan fingerprint density at radius 3 is 2.72 bits per heavy atom. The average Bonchev–Trinajstić information content (AvgIpc) is 3.05. The maximum atomic E-state index is 11.8. The molecule has 3 amide bonds. The summed E-state index contributed by atoms with van der Waals surface area (Å²) in [5.41, 5.74) is 3.04. The summed E-state index contributed by atoms with van der Waals surface area (Å²) in [6.07, 6.45) is 5.11. The fraction of sp³-hybridized carbons (Fsp3) is 0.176. The van der Waals surface area contributed by atoms with Gasteiger partial charge in [0.05, 0.1) is 11.7 Å². The van der Waals surface area contributed by atoms with Gasteiger partial charge in [0, 0.05) is 42.7 Å². The molecular weight excluding hydrogens is 320 g/mol. The third-order valence-electron chi connectivity index (χ3n) is 3.66. The van der Waals surface area contributed by atoms with Crippen LogP contribution in [0.5, 0.6) is 0 Å². The van der Waals surface area contributed by atoms with E-state index in [9.17, 15) is 9.59 Å². The minimum Gasteiger partial charge on any atom is -0.355 e. The number of fused-ring (bicyclic) bond motifs is 1. The van der Waals surface area contributed by atoms with Crippen LogP contribution in [0.3, 0.4) is 0 Å². The molecule has 3 N–H and O–H groups in total. The Kier molecular flexibility index (Phi) is 4.60. The van der Waals surface area contributed by atoms with E-state index in [0.29, 0.717) is 17.9 Å². The first-order valence-corrected chi connectivity index (χ1v) is 7.83. The van der Waals surface area contributed by atoms with Crippen LogP contribution in [-0.4, -0.2) is 40.1 Å². The third kappa shape index (κ3) is 3.42. The number of nitrogens with one attached hydrogen (secondary N) is 3. The molecule has 0 spiro atoms. The van der Waals surface area contributed by atoms with E-state index in [1.807, 2.05) is 13.0 Å². The lowest BCUT2D eigenvalue weighted by Gasteiger charge is -2.06. The number of amides is 3. The Hall–Kier alpha value is -3.42. The van der Waals surface area contributed by atoms with E-state index in [1.165, 1.54) is 0 Å². The molecule has 8 nitrogen and oxygen atoms in total. The maximum Gasteiger partial charge on any atom is 0.320 e. The molecule has 3 rings (SSSR count). The summed E-state index contributed by atoms with van der Waals surface area (Å²) < 4.78 is 1.70. The van der Waals surface area contributed by atoms with Crippen LogP contribution in [0, 0.1) is 0 Å². The fourth-order valence-corrected chi connectivity index (χ4v) is 2.44. The predicted molar refractivity (Wildman–Crippen MR) is 94.5 cm³/mol. The molecule has 3 aromatic heterocycles. The minimum atomic E-state index is -0.297. The van der Waals surface area contributed by atoms with Crippen LogP contribution in [0.15, 0.2) is 42.9 Å². The highest BCUT2D eigenvalue weighted by Gasteiger charge is 2.11. The van der Waals surface area contributed by atoms with Crippen molar-refractivity contribution in [2.24, 2.45) is 0 Å². The molecule has 0 aliphatic rings. The van der Waals surface area contributed by atoms with Gasteiger partial charge < -0.3 is 10.6 Å². The maximum absolute atomic E-state index is 11.8. The highest BCUT2D eigenvalue weighted by atomic mass is 16.2. The van der Waals surface area contributed by atoms with Crippen LogP contribution in [0.25, 0.3) is 16.6 Å². The zero-order chi connectivity index (χ0) is 17.8. The number of pyridine rings is 2. The molecule has 0 aliphatic heterocycles. The molecule has 0 bridgehead atoms. The first-order chi connectivity index (χ1) is 12.1. The molecule has 0 saturated carbocycles. The van der Waals surface area contributed by atoms with Crippen molar-refractivity contribution < 1.29 is 9.59 Å². The number of anilines is 1. The number of urea groups is 1. The first-order valence-electron chi connectivity index (χ1n) is 7.83. The van der Waals surface area contributed by atoms with Crippen molar-refractivity contribution in [1.29, 1.82) is 0 Å². The number of rotatable bonds is 4. The molecule has 0 unspecified atom stereocenters. The first kappa shape index (κ1) is 16.4. The molecule has 0 atom stereocenters. The van der Waals surface area contributed by atoms with Crippen molar-refractivity contribution >= 4 is 23.3 Å². The van der Waals surface area contributed by atoms with E-state index in [0.717, 1.165) is 16.6 Å². The zero-order valence-corrected chi connectivity index (χ0v) is 13.9. The molecule has 3 aromatic rings. The Morgan fingerprint density at radius 1 is 1.20 bits per heavy atom. The van der Waals surface area contributed by atoms with E-state index in [2.05, 4.69) is 26.0 Å². The lowest BCUT2D eigenvalue weighted by Crippen LogP contribution is -2.28. The fourth-order valence-electron chi connectivity index (χ4n) is 2.44. The van der Waals surface area contributed by atoms with Gasteiger partial charge in [-0.1, -0.05) is 0 Å². The zero-order valence-electron chi connectivity index (χ0n) is 13.9. The smallest absolute Gasteiger partial charge is 0.320 e. The molecule has 128 valence electrons. The molecule has 0 fully saturated rings. The van der Waals surface area contributed by atoms with Crippen molar-refractivity contribution in [2.75, 3.05) is 18.9 Å². The molecule has 0 aliphatic carbocycles. The average molecular weight is 338 g/mol. The second kappa shape index (κ2) is 7.00. The molecule has 0 aromatic carbocycles. The summed E-state index contributed by atoms with van der Waals surface area (Å²) in [6.45, 7) is 2.38.